The van der Waals surface area contributed by atoms with Crippen molar-refractivity contribution in [2.24, 2.45) is 0 Å². The number of nitrogens with one attached hydrogen (secondary N) is 2. The minimum Gasteiger partial charge on any atom is -0.472 e. The predicted octanol–water partition coefficient (Wildman–Crippen LogP) is 2.18. The molecule has 20 heavy (non-hydrogen) atoms. The van der Waals surface area contributed by atoms with Crippen molar-refractivity contribution in [3.05, 3.63) is 54.2 Å². The van der Waals surface area contributed by atoms with Crippen LogP contribution in [0.4, 0.5) is 10.1 Å². The van der Waals surface area contributed by atoms with Crippen molar-refractivity contribution in [3.63, 3.8) is 0 Å². The Hall–Kier alpha value is -2.63. The molecule has 0 aliphatic carbocycles. The lowest BCUT2D eigenvalue weighted by atomic mass is 10.3. The lowest BCUT2D eigenvalue weighted by Crippen LogP contribution is -2.27. The highest BCUT2D eigenvalue weighted by Crippen LogP contribution is 2.08. The molecule has 1 aromatic carbocycles. The van der Waals surface area contributed by atoms with Gasteiger partial charge in [0.15, 0.2) is 0 Å². The Bertz CT molecular complexity index is 579. The molecule has 0 saturated carbocycles. The van der Waals surface area contributed by atoms with Gasteiger partial charge in [0.2, 0.25) is 5.91 Å². The highest BCUT2D eigenvalue weighted by atomic mass is 19.1. The van der Waals surface area contributed by atoms with Crippen LogP contribution in [-0.2, 0) is 4.79 Å². The molecule has 0 bridgehead atoms. The van der Waals surface area contributed by atoms with Gasteiger partial charge in [0.1, 0.15) is 12.1 Å². The maximum Gasteiger partial charge on any atom is 0.254 e. The number of rotatable bonds is 5. The first kappa shape index (κ1) is 13.8. The Balaban J connectivity index is 1.73. The molecular formula is C14H13FN2O3. The van der Waals surface area contributed by atoms with E-state index in [0.717, 1.165) is 0 Å². The van der Waals surface area contributed by atoms with Crippen LogP contribution in [0.5, 0.6) is 0 Å². The normalized spacial score (nSPS) is 10.1. The van der Waals surface area contributed by atoms with E-state index < -0.39 is 0 Å². The predicted molar refractivity (Wildman–Crippen MR) is 70.7 cm³/mol. The number of carbonyl (C=O) groups excluding carboxylic acids is 2. The van der Waals surface area contributed by atoms with Crippen molar-refractivity contribution < 1.29 is 18.4 Å². The molecule has 0 aliphatic heterocycles. The van der Waals surface area contributed by atoms with E-state index in [1.54, 1.807) is 0 Å². The number of anilines is 1. The first-order valence-corrected chi connectivity index (χ1v) is 6.01. The number of hydrogen-bond acceptors (Lipinski definition) is 3. The van der Waals surface area contributed by atoms with E-state index in [-0.39, 0.29) is 30.6 Å². The molecule has 2 rings (SSSR count). The highest BCUT2D eigenvalue weighted by Gasteiger charge is 2.07. The van der Waals surface area contributed by atoms with Crippen LogP contribution in [0.25, 0.3) is 0 Å². The Morgan fingerprint density at radius 2 is 1.90 bits per heavy atom. The van der Waals surface area contributed by atoms with Gasteiger partial charge < -0.3 is 15.1 Å². The van der Waals surface area contributed by atoms with Crippen molar-refractivity contribution >= 4 is 17.5 Å². The van der Waals surface area contributed by atoms with Crippen LogP contribution in [0, 0.1) is 5.82 Å². The van der Waals surface area contributed by atoms with Crippen LogP contribution >= 0.6 is 0 Å². The fourth-order valence-corrected chi connectivity index (χ4v) is 1.54. The van der Waals surface area contributed by atoms with Crippen LogP contribution in [0.2, 0.25) is 0 Å². The topological polar surface area (TPSA) is 71.3 Å². The monoisotopic (exact) mass is 276 g/mol. The fraction of sp³-hybridized carbons (Fsp3) is 0.143. The van der Waals surface area contributed by atoms with Crippen LogP contribution in [-0.4, -0.2) is 18.4 Å². The second-order valence-corrected chi connectivity index (χ2v) is 4.07. The van der Waals surface area contributed by atoms with E-state index in [4.69, 9.17) is 4.42 Å². The first-order chi connectivity index (χ1) is 9.65. The molecule has 0 atom stereocenters. The van der Waals surface area contributed by atoms with Gasteiger partial charge >= 0.3 is 0 Å². The van der Waals surface area contributed by atoms with Gasteiger partial charge in [-0.25, -0.2) is 4.39 Å². The number of carbonyl (C=O) groups is 2. The van der Waals surface area contributed by atoms with Gasteiger partial charge in [-0.05, 0) is 30.3 Å². The summed E-state index contributed by atoms with van der Waals surface area (Å²) in [5.41, 5.74) is 0.918. The summed E-state index contributed by atoms with van der Waals surface area (Å²) >= 11 is 0. The third-order valence-electron chi connectivity index (χ3n) is 2.55. The summed E-state index contributed by atoms with van der Waals surface area (Å²) in [5.74, 6) is -0.923. The average Bonchev–Trinajstić information content (AvgIpc) is 2.95. The Morgan fingerprint density at radius 1 is 1.15 bits per heavy atom. The average molecular weight is 276 g/mol. The third-order valence-corrected chi connectivity index (χ3v) is 2.55. The molecule has 0 unspecified atom stereocenters. The molecule has 0 aliphatic rings. The van der Waals surface area contributed by atoms with Crippen LogP contribution in [0.15, 0.2) is 47.3 Å². The van der Waals surface area contributed by atoms with E-state index in [1.165, 1.54) is 42.9 Å². The second-order valence-electron chi connectivity index (χ2n) is 4.07. The minimum absolute atomic E-state index is 0.126. The molecule has 5 nitrogen and oxygen atoms in total. The van der Waals surface area contributed by atoms with Gasteiger partial charge in [-0.2, -0.15) is 0 Å². The van der Waals surface area contributed by atoms with E-state index in [9.17, 15) is 14.0 Å². The molecule has 0 saturated heterocycles. The summed E-state index contributed by atoms with van der Waals surface area (Å²) in [6, 6.07) is 7.00. The first-order valence-electron chi connectivity index (χ1n) is 6.01. The zero-order valence-corrected chi connectivity index (χ0v) is 10.6. The zero-order chi connectivity index (χ0) is 14.4. The summed E-state index contributed by atoms with van der Waals surface area (Å²) in [7, 11) is 0. The lowest BCUT2D eigenvalue weighted by molar-refractivity contribution is -0.116. The molecule has 0 radical (unpaired) electrons. The quantitative estimate of drug-likeness (QED) is 0.879. The summed E-state index contributed by atoms with van der Waals surface area (Å²) in [4.78, 5) is 23.1. The van der Waals surface area contributed by atoms with Crippen molar-refractivity contribution in [2.75, 3.05) is 11.9 Å². The molecule has 2 N–H and O–H groups in total. The molecule has 0 fully saturated rings. The molecular weight excluding hydrogens is 263 g/mol. The summed E-state index contributed by atoms with van der Waals surface area (Å²) in [6.45, 7) is 0.205. The van der Waals surface area contributed by atoms with E-state index in [0.29, 0.717) is 11.3 Å². The summed E-state index contributed by atoms with van der Waals surface area (Å²) in [5, 5.41) is 5.19. The minimum atomic E-state index is -0.365. The van der Waals surface area contributed by atoms with E-state index in [2.05, 4.69) is 10.6 Å². The Morgan fingerprint density at radius 3 is 2.55 bits per heavy atom. The summed E-state index contributed by atoms with van der Waals surface area (Å²) in [6.07, 6.45) is 2.85. The van der Waals surface area contributed by atoms with Crippen LogP contribution < -0.4 is 10.6 Å². The molecule has 1 heterocycles. The third kappa shape index (κ3) is 3.94. The van der Waals surface area contributed by atoms with Gasteiger partial charge in [-0.1, -0.05) is 0 Å². The second kappa shape index (κ2) is 6.51. The highest BCUT2D eigenvalue weighted by molar-refractivity contribution is 5.94. The standard InChI is InChI=1S/C14H13FN2O3/c15-11-1-3-12(4-2-11)17-13(18)5-7-16-14(19)10-6-8-20-9-10/h1-4,6,8-9H,5,7H2,(H,16,19)(H,17,18). The molecule has 2 amide bonds. The van der Waals surface area contributed by atoms with Gasteiger partial charge in [0.25, 0.3) is 5.91 Å². The lowest BCUT2D eigenvalue weighted by Gasteiger charge is -2.06. The van der Waals surface area contributed by atoms with Gasteiger partial charge in [-0.3, -0.25) is 9.59 Å². The maximum absolute atomic E-state index is 12.7. The van der Waals surface area contributed by atoms with E-state index >= 15 is 0 Å². The van der Waals surface area contributed by atoms with Crippen LogP contribution in [0.1, 0.15) is 16.8 Å². The Kier molecular flexibility index (Phi) is 4.49. The summed E-state index contributed by atoms with van der Waals surface area (Å²) < 4.78 is 17.5. The molecule has 1 aromatic heterocycles. The van der Waals surface area contributed by atoms with E-state index in [1.807, 2.05) is 0 Å². The zero-order valence-electron chi connectivity index (χ0n) is 10.6. The number of benzene rings is 1. The number of halogens is 1. The van der Waals surface area contributed by atoms with Gasteiger partial charge in [0, 0.05) is 18.7 Å². The number of amides is 2. The maximum atomic E-state index is 12.7. The van der Waals surface area contributed by atoms with Crippen molar-refractivity contribution in [1.82, 2.24) is 5.32 Å². The smallest absolute Gasteiger partial charge is 0.254 e. The molecule has 2 aromatic rings. The molecule has 104 valence electrons. The van der Waals surface area contributed by atoms with Crippen molar-refractivity contribution in [1.29, 1.82) is 0 Å². The SMILES string of the molecule is O=C(CCNC(=O)c1ccoc1)Nc1ccc(F)cc1. The van der Waals surface area contributed by atoms with Gasteiger partial charge in [0.05, 0.1) is 11.8 Å². The van der Waals surface area contributed by atoms with Crippen molar-refractivity contribution in [3.8, 4) is 0 Å². The fourth-order valence-electron chi connectivity index (χ4n) is 1.54. The van der Waals surface area contributed by atoms with Gasteiger partial charge in [-0.15, -0.1) is 0 Å². The molecule has 6 heteroatoms. The van der Waals surface area contributed by atoms with Crippen LogP contribution in [0.3, 0.4) is 0 Å². The Labute approximate surface area is 114 Å². The largest absolute Gasteiger partial charge is 0.472 e. The number of furan rings is 1. The molecule has 0 spiro atoms. The van der Waals surface area contributed by atoms with Crippen molar-refractivity contribution in [2.45, 2.75) is 6.42 Å². The number of hydrogen-bond donors (Lipinski definition) is 2.